The maximum absolute atomic E-state index is 12.1. The molecule has 0 aliphatic carbocycles. The van der Waals surface area contributed by atoms with Crippen LogP contribution in [0.5, 0.6) is 11.5 Å². The Kier molecular flexibility index (Phi) is 8.25. The van der Waals surface area contributed by atoms with E-state index >= 15 is 0 Å². The maximum Gasteiger partial charge on any atom is 0.573 e. The van der Waals surface area contributed by atoms with E-state index in [2.05, 4.69) is 11.3 Å². The Morgan fingerprint density at radius 2 is 1.65 bits per heavy atom. The first-order valence-electron chi connectivity index (χ1n) is 11.0. The zero-order chi connectivity index (χ0) is 27.2. The fourth-order valence-corrected chi connectivity index (χ4v) is 3.45. The van der Waals surface area contributed by atoms with Gasteiger partial charge in [0.05, 0.1) is 12.7 Å². The molecular weight excluding hydrogens is 483 g/mol. The van der Waals surface area contributed by atoms with Crippen LogP contribution in [0.2, 0.25) is 0 Å². The minimum Gasteiger partial charge on any atom is -0.496 e. The lowest BCUT2D eigenvalue weighted by Gasteiger charge is -2.24. The average molecular weight is 508 g/mol. The number of nitrogens with zero attached hydrogens (tertiary/aromatic N) is 3. The van der Waals surface area contributed by atoms with Gasteiger partial charge in [0, 0.05) is 35.5 Å². The number of halogens is 3. The van der Waals surface area contributed by atoms with Crippen LogP contribution in [0, 0.1) is 25.2 Å². The van der Waals surface area contributed by atoms with Crippen LogP contribution in [-0.4, -0.2) is 18.0 Å². The van der Waals surface area contributed by atoms with Crippen molar-refractivity contribution in [2.24, 2.45) is 0 Å². The van der Waals surface area contributed by atoms with Crippen molar-refractivity contribution in [3.05, 3.63) is 118 Å². The Hall–Kier alpha value is -4.71. The van der Waals surface area contributed by atoms with Crippen LogP contribution < -0.4 is 19.9 Å². The Balaban J connectivity index is 0.000000208. The minimum absolute atomic E-state index is 0.0276. The molecule has 0 spiro atoms. The molecular formula is C28H24F3N3O3. The Bertz CT molecular complexity index is 1450. The number of hydrogen-bond donors (Lipinski definition) is 0. The molecule has 0 saturated heterocycles. The molecule has 1 aromatic heterocycles. The fourth-order valence-electron chi connectivity index (χ4n) is 3.45. The summed E-state index contributed by atoms with van der Waals surface area (Å²) < 4.78 is 46.8. The summed E-state index contributed by atoms with van der Waals surface area (Å²) in [5.41, 5.74) is 4.51. The van der Waals surface area contributed by atoms with Crippen LogP contribution in [0.15, 0.2) is 102 Å². The number of pyridine rings is 1. The third-order valence-corrected chi connectivity index (χ3v) is 5.23. The molecule has 4 rings (SSSR count). The number of allylic oxidation sites excluding steroid dienone is 3. The van der Waals surface area contributed by atoms with Gasteiger partial charge in [0.15, 0.2) is 0 Å². The van der Waals surface area contributed by atoms with Crippen molar-refractivity contribution in [3.8, 4) is 23.3 Å². The number of methoxy groups -OCH3 is 1. The summed E-state index contributed by atoms with van der Waals surface area (Å²) in [6, 6.07) is 16.4. The van der Waals surface area contributed by atoms with Gasteiger partial charge in [-0.1, -0.05) is 12.6 Å². The summed E-state index contributed by atoms with van der Waals surface area (Å²) in [4.78, 5) is 13.4. The molecule has 2 heterocycles. The minimum atomic E-state index is -4.72. The first-order chi connectivity index (χ1) is 17.5. The Labute approximate surface area is 212 Å². The molecule has 9 heteroatoms. The van der Waals surface area contributed by atoms with Gasteiger partial charge in [0.25, 0.3) is 5.56 Å². The molecule has 0 bridgehead atoms. The van der Waals surface area contributed by atoms with Gasteiger partial charge >= 0.3 is 6.36 Å². The van der Waals surface area contributed by atoms with Crippen molar-refractivity contribution in [2.75, 3.05) is 12.0 Å². The molecule has 2 aromatic carbocycles. The van der Waals surface area contributed by atoms with Crippen LogP contribution in [-0.2, 0) is 0 Å². The Morgan fingerprint density at radius 3 is 2.24 bits per heavy atom. The quantitative estimate of drug-likeness (QED) is 0.412. The van der Waals surface area contributed by atoms with Gasteiger partial charge in [-0.15, -0.1) is 13.2 Å². The predicted octanol–water partition coefficient (Wildman–Crippen LogP) is 6.35. The predicted molar refractivity (Wildman–Crippen MR) is 136 cm³/mol. The molecule has 0 fully saturated rings. The van der Waals surface area contributed by atoms with Gasteiger partial charge in [-0.05, 0) is 79.6 Å². The van der Waals surface area contributed by atoms with Gasteiger partial charge in [0.2, 0.25) is 0 Å². The van der Waals surface area contributed by atoms with E-state index in [0.717, 1.165) is 22.6 Å². The molecule has 0 atom stereocenters. The monoisotopic (exact) mass is 507 g/mol. The molecule has 0 radical (unpaired) electrons. The smallest absolute Gasteiger partial charge is 0.496 e. The summed E-state index contributed by atoms with van der Waals surface area (Å²) in [7, 11) is 1.64. The lowest BCUT2D eigenvalue weighted by Crippen LogP contribution is -2.18. The number of rotatable bonds is 4. The van der Waals surface area contributed by atoms with Crippen LogP contribution in [0.25, 0.3) is 5.69 Å². The Morgan fingerprint density at radius 1 is 0.973 bits per heavy atom. The number of ether oxygens (including phenoxy) is 2. The van der Waals surface area contributed by atoms with Gasteiger partial charge in [-0.2, -0.15) is 5.26 Å². The van der Waals surface area contributed by atoms with E-state index in [0.29, 0.717) is 17.0 Å². The average Bonchev–Trinajstić information content (AvgIpc) is 2.86. The number of benzene rings is 2. The molecule has 0 unspecified atom stereocenters. The summed E-state index contributed by atoms with van der Waals surface area (Å²) in [6.45, 7) is 7.72. The molecule has 6 nitrogen and oxygen atoms in total. The topological polar surface area (TPSA) is 67.5 Å². The number of aryl methyl sites for hydroxylation is 2. The van der Waals surface area contributed by atoms with E-state index in [-0.39, 0.29) is 11.3 Å². The highest BCUT2D eigenvalue weighted by atomic mass is 19.4. The first kappa shape index (κ1) is 26.9. The van der Waals surface area contributed by atoms with Crippen molar-refractivity contribution >= 4 is 5.69 Å². The van der Waals surface area contributed by atoms with E-state index in [1.807, 2.05) is 50.4 Å². The number of hydrogen-bond acceptors (Lipinski definition) is 5. The molecule has 0 amide bonds. The summed E-state index contributed by atoms with van der Waals surface area (Å²) in [5, 5.41) is 8.84. The number of aromatic nitrogens is 1. The highest BCUT2D eigenvalue weighted by molar-refractivity contribution is 5.63. The second-order valence-corrected chi connectivity index (χ2v) is 8.00. The highest BCUT2D eigenvalue weighted by Gasteiger charge is 2.31. The van der Waals surface area contributed by atoms with Crippen LogP contribution in [0.4, 0.5) is 18.9 Å². The SMILES string of the molecule is C=C1C=CC(C#N)=CN1c1ccc(OC(F)(F)F)cc1.COc1ccc(-n2cc(C)ccc2=O)cc1C. The van der Waals surface area contributed by atoms with Crippen molar-refractivity contribution in [2.45, 2.75) is 20.2 Å². The molecule has 1 aliphatic heterocycles. The molecule has 37 heavy (non-hydrogen) atoms. The molecule has 1 aliphatic rings. The molecule has 3 aromatic rings. The summed E-state index contributed by atoms with van der Waals surface area (Å²) >= 11 is 0. The normalized spacial score (nSPS) is 12.7. The van der Waals surface area contributed by atoms with Crippen LogP contribution >= 0.6 is 0 Å². The van der Waals surface area contributed by atoms with Gasteiger partial charge in [-0.25, -0.2) is 0 Å². The number of nitriles is 1. The maximum atomic E-state index is 12.1. The molecule has 190 valence electrons. The standard InChI is InChI=1S/C14H9F3N2O.C14H15NO2/c1-10-2-3-11(8-18)9-19(10)12-4-6-13(7-5-12)20-14(15,16)17;1-10-4-7-14(16)15(9-10)12-5-6-13(17-3)11(2)8-12/h2-7,9H,1H2;4-9H,1-3H3. The first-order valence-corrected chi connectivity index (χ1v) is 11.0. The second kappa shape index (κ2) is 11.4. The third kappa shape index (κ3) is 7.15. The third-order valence-electron chi connectivity index (χ3n) is 5.23. The number of alkyl halides is 3. The van der Waals surface area contributed by atoms with Crippen molar-refractivity contribution in [3.63, 3.8) is 0 Å². The van der Waals surface area contributed by atoms with E-state index in [9.17, 15) is 18.0 Å². The lowest BCUT2D eigenvalue weighted by molar-refractivity contribution is -0.274. The van der Waals surface area contributed by atoms with E-state index in [4.69, 9.17) is 10.00 Å². The summed E-state index contributed by atoms with van der Waals surface area (Å²) in [5.74, 6) is 0.526. The summed E-state index contributed by atoms with van der Waals surface area (Å²) in [6.07, 6.45) is 1.94. The van der Waals surface area contributed by atoms with Gasteiger partial charge in [0.1, 0.15) is 17.6 Å². The largest absolute Gasteiger partial charge is 0.573 e. The van der Waals surface area contributed by atoms with Crippen molar-refractivity contribution in [1.82, 2.24) is 4.57 Å². The van der Waals surface area contributed by atoms with Crippen molar-refractivity contribution < 1.29 is 22.6 Å². The van der Waals surface area contributed by atoms with Gasteiger partial charge in [-0.3, -0.25) is 9.36 Å². The fraction of sp³-hybridized carbons (Fsp3) is 0.143. The van der Waals surface area contributed by atoms with Crippen molar-refractivity contribution in [1.29, 1.82) is 5.26 Å². The highest BCUT2D eigenvalue weighted by Crippen LogP contribution is 2.28. The second-order valence-electron chi connectivity index (χ2n) is 8.00. The van der Waals surface area contributed by atoms with Crippen LogP contribution in [0.1, 0.15) is 11.1 Å². The molecule has 0 saturated carbocycles. The molecule has 0 N–H and O–H groups in total. The van der Waals surface area contributed by atoms with E-state index in [1.165, 1.54) is 24.3 Å². The lowest BCUT2D eigenvalue weighted by atomic mass is 10.1. The van der Waals surface area contributed by atoms with E-state index in [1.54, 1.807) is 41.0 Å². The number of anilines is 1. The zero-order valence-electron chi connectivity index (χ0n) is 20.4. The van der Waals surface area contributed by atoms with E-state index < -0.39 is 6.36 Å². The zero-order valence-corrected chi connectivity index (χ0v) is 20.4. The van der Waals surface area contributed by atoms with Gasteiger partial charge < -0.3 is 14.4 Å². The van der Waals surface area contributed by atoms with Crippen LogP contribution in [0.3, 0.4) is 0 Å².